The Morgan fingerprint density at radius 2 is 1.93 bits per heavy atom. The zero-order valence-electron chi connectivity index (χ0n) is 9.32. The number of methoxy groups -OCH3 is 2. The lowest BCUT2D eigenvalue weighted by Crippen LogP contribution is -2.10. The maximum absolute atomic E-state index is 5.96. The first-order valence-electron chi connectivity index (χ1n) is 4.70. The van der Waals surface area contributed by atoms with Gasteiger partial charge in [-0.3, -0.25) is 0 Å². The summed E-state index contributed by atoms with van der Waals surface area (Å²) in [4.78, 5) is 0. The van der Waals surface area contributed by atoms with Crippen LogP contribution in [0.2, 0.25) is 0 Å². The van der Waals surface area contributed by atoms with Crippen molar-refractivity contribution in [3.05, 3.63) is 23.8 Å². The fourth-order valence-electron chi connectivity index (χ4n) is 1.35. The first-order chi connectivity index (χ1) is 6.72. The first-order valence-corrected chi connectivity index (χ1v) is 4.70. The Balaban J connectivity index is 0.00000196. The highest BCUT2D eigenvalue weighted by atomic mass is 35.5. The Labute approximate surface area is 97.0 Å². The second-order valence-electron chi connectivity index (χ2n) is 3.12. The molecule has 0 bridgehead atoms. The highest BCUT2D eigenvalue weighted by Crippen LogP contribution is 2.29. The molecular formula is C11H18ClNO2. The molecule has 2 N–H and O–H groups in total. The van der Waals surface area contributed by atoms with E-state index in [1.54, 1.807) is 14.2 Å². The molecule has 1 atom stereocenters. The molecule has 0 saturated carbocycles. The predicted octanol–water partition coefficient (Wildman–Crippen LogP) is 2.54. The van der Waals surface area contributed by atoms with Crippen LogP contribution in [0.15, 0.2) is 18.2 Å². The first kappa shape index (κ1) is 14.1. The van der Waals surface area contributed by atoms with E-state index in [-0.39, 0.29) is 18.4 Å². The average molecular weight is 232 g/mol. The van der Waals surface area contributed by atoms with E-state index in [0.29, 0.717) is 0 Å². The highest BCUT2D eigenvalue weighted by Gasteiger charge is 2.10. The summed E-state index contributed by atoms with van der Waals surface area (Å²) in [5, 5.41) is 0. The topological polar surface area (TPSA) is 44.5 Å². The van der Waals surface area contributed by atoms with Crippen LogP contribution in [-0.2, 0) is 0 Å². The molecule has 0 aromatic heterocycles. The van der Waals surface area contributed by atoms with Crippen LogP contribution >= 0.6 is 12.4 Å². The summed E-state index contributed by atoms with van der Waals surface area (Å²) in [6.45, 7) is 2.05. The Hall–Kier alpha value is -0.930. The summed E-state index contributed by atoms with van der Waals surface area (Å²) in [5.74, 6) is 1.63. The predicted molar refractivity (Wildman–Crippen MR) is 64.0 cm³/mol. The number of halogens is 1. The molecule has 0 aliphatic rings. The van der Waals surface area contributed by atoms with Gasteiger partial charge in [0.25, 0.3) is 0 Å². The van der Waals surface area contributed by atoms with Gasteiger partial charge in [0.05, 0.1) is 14.2 Å². The van der Waals surface area contributed by atoms with Crippen LogP contribution in [0.25, 0.3) is 0 Å². The van der Waals surface area contributed by atoms with Crippen molar-refractivity contribution in [2.75, 3.05) is 14.2 Å². The number of nitrogens with two attached hydrogens (primary N) is 1. The van der Waals surface area contributed by atoms with E-state index in [1.807, 2.05) is 25.1 Å². The van der Waals surface area contributed by atoms with Gasteiger partial charge in [0.15, 0.2) is 0 Å². The summed E-state index contributed by atoms with van der Waals surface area (Å²) in [7, 11) is 3.29. The molecule has 1 rings (SSSR count). The van der Waals surface area contributed by atoms with Crippen LogP contribution in [0.4, 0.5) is 0 Å². The van der Waals surface area contributed by atoms with Crippen LogP contribution in [0, 0.1) is 0 Å². The van der Waals surface area contributed by atoms with Crippen molar-refractivity contribution in [2.24, 2.45) is 5.73 Å². The van der Waals surface area contributed by atoms with Gasteiger partial charge in [-0.15, -0.1) is 12.4 Å². The van der Waals surface area contributed by atoms with E-state index < -0.39 is 0 Å². The van der Waals surface area contributed by atoms with Gasteiger partial charge >= 0.3 is 0 Å². The standard InChI is InChI=1S/C11H17NO2.ClH/c1-4-10(12)9-7-8(13-2)5-6-11(9)14-3;/h5-7,10H,4,12H2,1-3H3;1H/t10-;/m1./s1. The molecule has 0 saturated heterocycles. The van der Waals surface area contributed by atoms with Gasteiger partial charge in [0.1, 0.15) is 11.5 Å². The molecule has 1 aromatic carbocycles. The molecule has 0 spiro atoms. The van der Waals surface area contributed by atoms with Crippen LogP contribution in [0.1, 0.15) is 24.9 Å². The summed E-state index contributed by atoms with van der Waals surface area (Å²) in [5.41, 5.74) is 6.95. The number of hydrogen-bond donors (Lipinski definition) is 1. The summed E-state index contributed by atoms with van der Waals surface area (Å²) in [6.07, 6.45) is 0.878. The SMILES string of the molecule is CC[C@@H](N)c1cc(OC)ccc1OC.Cl. The molecule has 0 unspecified atom stereocenters. The third kappa shape index (κ3) is 3.29. The van der Waals surface area contributed by atoms with E-state index in [9.17, 15) is 0 Å². The van der Waals surface area contributed by atoms with Gasteiger partial charge in [-0.2, -0.15) is 0 Å². The number of ether oxygens (including phenoxy) is 2. The minimum atomic E-state index is 0. The third-order valence-corrected chi connectivity index (χ3v) is 2.28. The monoisotopic (exact) mass is 231 g/mol. The maximum Gasteiger partial charge on any atom is 0.123 e. The Kier molecular flexibility index (Phi) is 6.13. The molecule has 0 radical (unpaired) electrons. The van der Waals surface area contributed by atoms with Crippen molar-refractivity contribution in [3.63, 3.8) is 0 Å². The number of benzene rings is 1. The molecule has 1 aromatic rings. The smallest absolute Gasteiger partial charge is 0.123 e. The van der Waals surface area contributed by atoms with Gasteiger partial charge in [0, 0.05) is 11.6 Å². The Bertz CT molecular complexity index is 305. The normalized spacial score (nSPS) is 11.5. The molecular weight excluding hydrogens is 214 g/mol. The minimum absolute atomic E-state index is 0. The fourth-order valence-corrected chi connectivity index (χ4v) is 1.35. The van der Waals surface area contributed by atoms with E-state index in [4.69, 9.17) is 15.2 Å². The third-order valence-electron chi connectivity index (χ3n) is 2.28. The number of rotatable bonds is 4. The van der Waals surface area contributed by atoms with E-state index in [1.165, 1.54) is 0 Å². The Morgan fingerprint density at radius 1 is 1.27 bits per heavy atom. The van der Waals surface area contributed by atoms with E-state index in [2.05, 4.69) is 0 Å². The molecule has 0 aliphatic carbocycles. The van der Waals surface area contributed by atoms with Crippen LogP contribution < -0.4 is 15.2 Å². The summed E-state index contributed by atoms with van der Waals surface area (Å²) >= 11 is 0. The van der Waals surface area contributed by atoms with E-state index in [0.717, 1.165) is 23.5 Å². The van der Waals surface area contributed by atoms with Gasteiger partial charge in [-0.05, 0) is 24.6 Å². The minimum Gasteiger partial charge on any atom is -0.497 e. The lowest BCUT2D eigenvalue weighted by atomic mass is 10.0. The molecule has 0 aliphatic heterocycles. The molecule has 0 fully saturated rings. The van der Waals surface area contributed by atoms with Crippen molar-refractivity contribution in [2.45, 2.75) is 19.4 Å². The zero-order valence-corrected chi connectivity index (χ0v) is 10.1. The second kappa shape index (κ2) is 6.53. The van der Waals surface area contributed by atoms with Gasteiger partial charge in [0.2, 0.25) is 0 Å². The number of hydrogen-bond acceptors (Lipinski definition) is 3. The molecule has 86 valence electrons. The van der Waals surface area contributed by atoms with E-state index >= 15 is 0 Å². The summed E-state index contributed by atoms with van der Waals surface area (Å²) in [6, 6.07) is 5.67. The lowest BCUT2D eigenvalue weighted by molar-refractivity contribution is 0.394. The van der Waals surface area contributed by atoms with Gasteiger partial charge in [-0.1, -0.05) is 6.92 Å². The molecule has 0 amide bonds. The highest BCUT2D eigenvalue weighted by molar-refractivity contribution is 5.85. The average Bonchev–Trinajstić information content (AvgIpc) is 2.27. The maximum atomic E-state index is 5.96. The molecule has 0 heterocycles. The summed E-state index contributed by atoms with van der Waals surface area (Å²) < 4.78 is 10.4. The second-order valence-corrected chi connectivity index (χ2v) is 3.12. The van der Waals surface area contributed by atoms with Crippen molar-refractivity contribution in [1.82, 2.24) is 0 Å². The van der Waals surface area contributed by atoms with Crippen molar-refractivity contribution in [1.29, 1.82) is 0 Å². The van der Waals surface area contributed by atoms with Gasteiger partial charge < -0.3 is 15.2 Å². The van der Waals surface area contributed by atoms with Crippen molar-refractivity contribution >= 4 is 12.4 Å². The quantitative estimate of drug-likeness (QED) is 0.866. The van der Waals surface area contributed by atoms with Crippen LogP contribution in [-0.4, -0.2) is 14.2 Å². The molecule has 15 heavy (non-hydrogen) atoms. The van der Waals surface area contributed by atoms with Crippen molar-refractivity contribution in [3.8, 4) is 11.5 Å². The lowest BCUT2D eigenvalue weighted by Gasteiger charge is -2.14. The van der Waals surface area contributed by atoms with Crippen LogP contribution in [0.5, 0.6) is 11.5 Å². The fraction of sp³-hybridized carbons (Fsp3) is 0.455. The molecule has 3 nitrogen and oxygen atoms in total. The Morgan fingerprint density at radius 3 is 2.40 bits per heavy atom. The van der Waals surface area contributed by atoms with Crippen LogP contribution in [0.3, 0.4) is 0 Å². The van der Waals surface area contributed by atoms with Gasteiger partial charge in [-0.25, -0.2) is 0 Å². The zero-order chi connectivity index (χ0) is 10.6. The molecule has 4 heteroatoms. The van der Waals surface area contributed by atoms with Crippen molar-refractivity contribution < 1.29 is 9.47 Å². The largest absolute Gasteiger partial charge is 0.497 e.